The molecule has 0 heterocycles. The zero-order valence-electron chi connectivity index (χ0n) is 25.5. The summed E-state index contributed by atoms with van der Waals surface area (Å²) in [6.07, 6.45) is 26.4. The lowest BCUT2D eigenvalue weighted by molar-refractivity contribution is -0.873. The molecule has 5 nitrogen and oxygen atoms in total. The molecule has 0 rings (SSSR count). The molecule has 0 aliphatic rings. The van der Waals surface area contributed by atoms with Crippen LogP contribution in [0.1, 0.15) is 155 Å². The van der Waals surface area contributed by atoms with E-state index in [0.717, 1.165) is 18.8 Å². The van der Waals surface area contributed by atoms with Gasteiger partial charge in [0.05, 0.1) is 27.6 Å². The van der Waals surface area contributed by atoms with E-state index >= 15 is 0 Å². The van der Waals surface area contributed by atoms with Crippen LogP contribution in [0.15, 0.2) is 0 Å². The zero-order valence-corrected chi connectivity index (χ0v) is 25.5. The summed E-state index contributed by atoms with van der Waals surface area (Å²) in [5, 5.41) is 9.06. The Kier molecular flexibility index (Phi) is 23.3. The van der Waals surface area contributed by atoms with Gasteiger partial charge in [0.15, 0.2) is 6.10 Å². The SMILES string of the molecule is CCCCC(C)CCCCCCCCCCCCCCCCCCC(=O)OC(CC(=O)O)C[N+](C)(C)C. The van der Waals surface area contributed by atoms with E-state index in [1.165, 1.54) is 116 Å². The molecule has 220 valence electrons. The van der Waals surface area contributed by atoms with Gasteiger partial charge in [-0.15, -0.1) is 0 Å². The number of carbonyl (C=O) groups excluding carboxylic acids is 1. The van der Waals surface area contributed by atoms with Gasteiger partial charge in [0, 0.05) is 6.42 Å². The van der Waals surface area contributed by atoms with E-state index in [1.807, 2.05) is 21.1 Å². The van der Waals surface area contributed by atoms with Crippen molar-refractivity contribution in [1.29, 1.82) is 0 Å². The minimum Gasteiger partial charge on any atom is -0.481 e. The number of rotatable bonds is 27. The number of carboxylic acids is 1. The summed E-state index contributed by atoms with van der Waals surface area (Å²) in [6.45, 7) is 5.23. The first-order chi connectivity index (χ1) is 17.6. The molecular formula is C32H64NO4+. The fourth-order valence-electron chi connectivity index (χ4n) is 5.13. The van der Waals surface area contributed by atoms with Crippen molar-refractivity contribution in [2.45, 2.75) is 161 Å². The molecule has 0 radical (unpaired) electrons. The van der Waals surface area contributed by atoms with Crippen molar-refractivity contribution in [2.75, 3.05) is 27.7 Å². The maximum absolute atomic E-state index is 12.1. The van der Waals surface area contributed by atoms with E-state index in [-0.39, 0.29) is 12.4 Å². The molecule has 2 unspecified atom stereocenters. The van der Waals surface area contributed by atoms with Gasteiger partial charge in [-0.2, -0.15) is 0 Å². The molecule has 2 atom stereocenters. The highest BCUT2D eigenvalue weighted by molar-refractivity contribution is 5.71. The smallest absolute Gasteiger partial charge is 0.307 e. The van der Waals surface area contributed by atoms with Crippen LogP contribution >= 0.6 is 0 Å². The molecule has 0 aromatic rings. The van der Waals surface area contributed by atoms with Crippen molar-refractivity contribution < 1.29 is 23.9 Å². The summed E-state index contributed by atoms with van der Waals surface area (Å²) < 4.78 is 6.02. The number of esters is 1. The monoisotopic (exact) mass is 526 g/mol. The number of ether oxygens (including phenoxy) is 1. The molecule has 37 heavy (non-hydrogen) atoms. The number of quaternary nitrogens is 1. The fraction of sp³-hybridized carbons (Fsp3) is 0.938. The van der Waals surface area contributed by atoms with Crippen LogP contribution in [0.5, 0.6) is 0 Å². The van der Waals surface area contributed by atoms with Gasteiger partial charge >= 0.3 is 11.9 Å². The van der Waals surface area contributed by atoms with Gasteiger partial charge in [-0.3, -0.25) is 9.59 Å². The summed E-state index contributed by atoms with van der Waals surface area (Å²) in [5.41, 5.74) is 0. The minimum absolute atomic E-state index is 0.125. The third-order valence-electron chi connectivity index (χ3n) is 7.33. The van der Waals surface area contributed by atoms with E-state index < -0.39 is 12.1 Å². The lowest BCUT2D eigenvalue weighted by atomic mass is 9.97. The van der Waals surface area contributed by atoms with Gasteiger partial charge in [0.25, 0.3) is 0 Å². The molecule has 0 bridgehead atoms. The summed E-state index contributed by atoms with van der Waals surface area (Å²) in [6, 6.07) is 0. The topological polar surface area (TPSA) is 63.6 Å². The first-order valence-electron chi connectivity index (χ1n) is 15.9. The predicted molar refractivity (Wildman–Crippen MR) is 157 cm³/mol. The molecule has 0 aliphatic heterocycles. The summed E-state index contributed by atoms with van der Waals surface area (Å²) >= 11 is 0. The second-order valence-corrected chi connectivity index (χ2v) is 12.6. The zero-order chi connectivity index (χ0) is 27.8. The Bertz CT molecular complexity index is 543. The fourth-order valence-corrected chi connectivity index (χ4v) is 5.13. The molecular weight excluding hydrogens is 462 g/mol. The maximum Gasteiger partial charge on any atom is 0.307 e. The average molecular weight is 527 g/mol. The van der Waals surface area contributed by atoms with Crippen molar-refractivity contribution in [3.05, 3.63) is 0 Å². The van der Waals surface area contributed by atoms with Crippen molar-refractivity contribution in [1.82, 2.24) is 0 Å². The highest BCUT2D eigenvalue weighted by Crippen LogP contribution is 2.18. The van der Waals surface area contributed by atoms with Crippen LogP contribution in [0.25, 0.3) is 0 Å². The Balaban J connectivity index is 3.44. The van der Waals surface area contributed by atoms with Crippen molar-refractivity contribution in [3.63, 3.8) is 0 Å². The van der Waals surface area contributed by atoms with Gasteiger partial charge in [-0.05, 0) is 12.3 Å². The van der Waals surface area contributed by atoms with Gasteiger partial charge in [0.1, 0.15) is 6.54 Å². The highest BCUT2D eigenvalue weighted by atomic mass is 16.5. The summed E-state index contributed by atoms with van der Waals surface area (Å²) in [5.74, 6) is -0.248. The summed E-state index contributed by atoms with van der Waals surface area (Å²) in [4.78, 5) is 23.2. The minimum atomic E-state index is -0.921. The molecule has 1 N–H and O–H groups in total. The number of carbonyl (C=O) groups is 2. The van der Waals surface area contributed by atoms with Crippen molar-refractivity contribution in [3.8, 4) is 0 Å². The standard InChI is InChI=1S/C32H63NO4/c1-6-7-24-29(2)25-22-20-18-16-14-12-10-8-9-11-13-15-17-19-21-23-26-32(36)37-30(27-31(34)35)28-33(3,4)5/h29-30H,6-28H2,1-5H3/p+1. The van der Waals surface area contributed by atoms with Crippen LogP contribution in [-0.2, 0) is 14.3 Å². The molecule has 0 saturated heterocycles. The second-order valence-electron chi connectivity index (χ2n) is 12.6. The number of aliphatic carboxylic acids is 1. The number of hydrogen-bond donors (Lipinski definition) is 1. The summed E-state index contributed by atoms with van der Waals surface area (Å²) in [7, 11) is 5.92. The molecule has 0 aliphatic carbocycles. The first-order valence-corrected chi connectivity index (χ1v) is 15.9. The quantitative estimate of drug-likeness (QED) is 0.0659. The van der Waals surface area contributed by atoms with Crippen LogP contribution in [0.4, 0.5) is 0 Å². The lowest BCUT2D eigenvalue weighted by Crippen LogP contribution is -2.43. The first kappa shape index (κ1) is 35.9. The lowest BCUT2D eigenvalue weighted by Gasteiger charge is -2.28. The maximum atomic E-state index is 12.1. The molecule has 0 saturated carbocycles. The molecule has 0 spiro atoms. The number of nitrogens with zero attached hydrogens (tertiary/aromatic N) is 1. The number of likely N-dealkylation sites (N-methyl/N-ethyl adjacent to an activating group) is 1. The molecule has 0 amide bonds. The Hall–Kier alpha value is -1.10. The van der Waals surface area contributed by atoms with Crippen LogP contribution in [0, 0.1) is 5.92 Å². The number of unbranched alkanes of at least 4 members (excludes halogenated alkanes) is 16. The van der Waals surface area contributed by atoms with Gasteiger partial charge in [0.2, 0.25) is 0 Å². The van der Waals surface area contributed by atoms with Crippen LogP contribution < -0.4 is 0 Å². The van der Waals surface area contributed by atoms with E-state index in [2.05, 4.69) is 13.8 Å². The van der Waals surface area contributed by atoms with E-state index in [4.69, 9.17) is 9.84 Å². The molecule has 0 fully saturated rings. The average Bonchev–Trinajstić information content (AvgIpc) is 2.80. The number of hydrogen-bond acceptors (Lipinski definition) is 3. The Morgan fingerprint density at radius 2 is 1.08 bits per heavy atom. The Morgan fingerprint density at radius 3 is 1.49 bits per heavy atom. The highest BCUT2D eigenvalue weighted by Gasteiger charge is 2.24. The van der Waals surface area contributed by atoms with E-state index in [0.29, 0.717) is 17.4 Å². The van der Waals surface area contributed by atoms with E-state index in [1.54, 1.807) is 0 Å². The second kappa shape index (κ2) is 24.0. The van der Waals surface area contributed by atoms with Gasteiger partial charge < -0.3 is 14.3 Å². The van der Waals surface area contributed by atoms with Crippen molar-refractivity contribution in [2.24, 2.45) is 5.92 Å². The van der Waals surface area contributed by atoms with Gasteiger partial charge in [-0.1, -0.05) is 136 Å². The van der Waals surface area contributed by atoms with Crippen LogP contribution in [0.2, 0.25) is 0 Å². The largest absolute Gasteiger partial charge is 0.481 e. The van der Waals surface area contributed by atoms with Crippen LogP contribution in [-0.4, -0.2) is 55.3 Å². The molecule has 0 aromatic carbocycles. The predicted octanol–water partition coefficient (Wildman–Crippen LogP) is 8.93. The van der Waals surface area contributed by atoms with Crippen molar-refractivity contribution >= 4 is 11.9 Å². The van der Waals surface area contributed by atoms with Gasteiger partial charge in [-0.25, -0.2) is 0 Å². The Morgan fingerprint density at radius 1 is 0.676 bits per heavy atom. The third kappa shape index (κ3) is 27.7. The normalized spacial score (nSPS) is 13.4. The number of carboxylic acid groups (broad SMARTS) is 1. The van der Waals surface area contributed by atoms with E-state index in [9.17, 15) is 9.59 Å². The van der Waals surface area contributed by atoms with Crippen LogP contribution in [0.3, 0.4) is 0 Å². The Labute approximate surface area is 230 Å². The molecule has 0 aromatic heterocycles. The molecule has 5 heteroatoms. The third-order valence-corrected chi connectivity index (χ3v) is 7.33.